The molecule has 1 aliphatic carbocycles. The van der Waals surface area contributed by atoms with Gasteiger partial charge in [-0.1, -0.05) is 42.0 Å². The van der Waals surface area contributed by atoms with Crippen LogP contribution in [0.3, 0.4) is 0 Å². The second kappa shape index (κ2) is 10.2. The number of nitrogens with zero attached hydrogens (tertiary/aromatic N) is 1. The van der Waals surface area contributed by atoms with E-state index in [1.54, 1.807) is 36.4 Å². The first-order chi connectivity index (χ1) is 18.0. The Morgan fingerprint density at radius 2 is 1.87 bits per heavy atom. The summed E-state index contributed by atoms with van der Waals surface area (Å²) in [6, 6.07) is 16.1. The maximum atomic E-state index is 13.7. The molecule has 2 aromatic carbocycles. The van der Waals surface area contributed by atoms with Crippen LogP contribution in [-0.2, 0) is 24.0 Å². The number of carboxylic acid groups (broad SMARTS) is 1. The number of likely N-dealkylation sites (tertiary alicyclic amines) is 1. The minimum absolute atomic E-state index is 0.0662. The first kappa shape index (κ1) is 26.5. The van der Waals surface area contributed by atoms with E-state index in [9.17, 15) is 23.1 Å². The van der Waals surface area contributed by atoms with Gasteiger partial charge in [-0.3, -0.25) is 9.69 Å². The Hall–Kier alpha value is -3.10. The predicted molar refractivity (Wildman–Crippen MR) is 143 cm³/mol. The molecule has 1 saturated heterocycles. The summed E-state index contributed by atoms with van der Waals surface area (Å²) in [6.45, 7) is 6.10. The Morgan fingerprint density at radius 1 is 1.11 bits per heavy atom. The van der Waals surface area contributed by atoms with Crippen molar-refractivity contribution in [1.82, 2.24) is 4.90 Å². The zero-order valence-electron chi connectivity index (χ0n) is 21.4. The number of aryl methyl sites for hydroxylation is 1. The molecule has 38 heavy (non-hydrogen) atoms. The van der Waals surface area contributed by atoms with Gasteiger partial charge in [0.25, 0.3) is 0 Å². The minimum atomic E-state index is -4.43. The van der Waals surface area contributed by atoms with Crippen molar-refractivity contribution in [3.05, 3.63) is 81.1 Å². The Balaban J connectivity index is 1.29. The second-order valence-electron chi connectivity index (χ2n) is 10.5. The van der Waals surface area contributed by atoms with Gasteiger partial charge in [0.05, 0.1) is 5.41 Å². The highest BCUT2D eigenvalue weighted by atomic mass is 32.1. The average Bonchev–Trinajstić information content (AvgIpc) is 3.50. The predicted octanol–water partition coefficient (Wildman–Crippen LogP) is 7.53. The molecule has 1 atom stereocenters. The first-order valence-corrected chi connectivity index (χ1v) is 13.5. The summed E-state index contributed by atoms with van der Waals surface area (Å²) < 4.78 is 47.1. The van der Waals surface area contributed by atoms with E-state index >= 15 is 0 Å². The number of halogens is 3. The van der Waals surface area contributed by atoms with Crippen molar-refractivity contribution in [1.29, 1.82) is 0 Å². The van der Waals surface area contributed by atoms with Crippen LogP contribution in [0.25, 0.3) is 16.7 Å². The number of aliphatic carboxylic acids is 1. The largest absolute Gasteiger partial charge is 0.488 e. The normalized spacial score (nSPS) is 20.0. The Bertz CT molecular complexity index is 1380. The number of ether oxygens (including phenoxy) is 1. The summed E-state index contributed by atoms with van der Waals surface area (Å²) in [4.78, 5) is 13.7. The van der Waals surface area contributed by atoms with Crippen molar-refractivity contribution < 1.29 is 27.8 Å². The van der Waals surface area contributed by atoms with Gasteiger partial charge in [-0.25, -0.2) is 0 Å². The third-order valence-electron chi connectivity index (χ3n) is 7.70. The molecule has 1 unspecified atom stereocenters. The van der Waals surface area contributed by atoms with Crippen LogP contribution in [0.2, 0.25) is 0 Å². The van der Waals surface area contributed by atoms with E-state index in [4.69, 9.17) is 4.74 Å². The summed E-state index contributed by atoms with van der Waals surface area (Å²) in [6.07, 6.45) is -2.03. The third kappa shape index (κ3) is 5.38. The van der Waals surface area contributed by atoms with Crippen LogP contribution in [0.15, 0.2) is 60.2 Å². The van der Waals surface area contributed by atoms with Gasteiger partial charge in [-0.2, -0.15) is 13.2 Å². The lowest BCUT2D eigenvalue weighted by Gasteiger charge is -2.26. The fourth-order valence-electron chi connectivity index (χ4n) is 5.44. The van der Waals surface area contributed by atoms with E-state index in [0.29, 0.717) is 29.2 Å². The van der Waals surface area contributed by atoms with E-state index in [1.807, 2.05) is 25.1 Å². The zero-order valence-corrected chi connectivity index (χ0v) is 22.2. The summed E-state index contributed by atoms with van der Waals surface area (Å²) in [5, 5.41) is 9.52. The van der Waals surface area contributed by atoms with Crippen molar-refractivity contribution in [3.63, 3.8) is 0 Å². The molecule has 8 heteroatoms. The molecule has 0 bridgehead atoms. The number of rotatable bonds is 7. The Morgan fingerprint density at radius 3 is 2.55 bits per heavy atom. The van der Waals surface area contributed by atoms with Crippen molar-refractivity contribution in [2.45, 2.75) is 45.9 Å². The molecule has 1 aliphatic heterocycles. The number of carboxylic acids is 1. The van der Waals surface area contributed by atoms with Crippen LogP contribution >= 0.6 is 11.3 Å². The number of hydrogen-bond donors (Lipinski definition) is 1. The standard InChI is InChI=1S/C30H30F3NO3S/c1-19-22(16-34-13-12-29(2,18-34)28(35)36)9-8-21-14-23(10-11-25(19)21)37-17-24-15-26(20-6-4-3-5-7-20)27(38-24)30(31,32)33/h3-7,10-11,14-15H,8-9,12-13,16-18H2,1-2H3,(H,35,36). The number of alkyl halides is 3. The molecule has 5 rings (SSSR count). The fourth-order valence-corrected chi connectivity index (χ4v) is 6.40. The quantitative estimate of drug-likeness (QED) is 0.336. The lowest BCUT2D eigenvalue weighted by molar-refractivity contribution is -0.147. The third-order valence-corrected chi connectivity index (χ3v) is 8.85. The zero-order chi connectivity index (χ0) is 27.1. The van der Waals surface area contributed by atoms with Gasteiger partial charge in [0.2, 0.25) is 0 Å². The molecule has 1 aromatic heterocycles. The maximum absolute atomic E-state index is 13.7. The van der Waals surface area contributed by atoms with Crippen molar-refractivity contribution in [2.75, 3.05) is 19.6 Å². The van der Waals surface area contributed by atoms with Gasteiger partial charge in [-0.15, -0.1) is 11.3 Å². The number of benzene rings is 2. The van der Waals surface area contributed by atoms with E-state index < -0.39 is 22.4 Å². The van der Waals surface area contributed by atoms with Crippen LogP contribution in [0.1, 0.15) is 47.6 Å². The van der Waals surface area contributed by atoms with E-state index in [-0.39, 0.29) is 12.2 Å². The molecular formula is C30H30F3NO3S. The smallest absolute Gasteiger partial charge is 0.426 e. The van der Waals surface area contributed by atoms with Gasteiger partial charge >= 0.3 is 12.1 Å². The van der Waals surface area contributed by atoms with Gasteiger partial charge < -0.3 is 9.84 Å². The maximum Gasteiger partial charge on any atom is 0.426 e. The van der Waals surface area contributed by atoms with Gasteiger partial charge in [-0.05, 0) is 80.1 Å². The lowest BCUT2D eigenvalue weighted by atomic mass is 9.86. The number of hydrogen-bond acceptors (Lipinski definition) is 4. The molecule has 1 fully saturated rings. The average molecular weight is 542 g/mol. The molecule has 0 spiro atoms. The molecule has 0 amide bonds. The molecule has 0 radical (unpaired) electrons. The second-order valence-corrected chi connectivity index (χ2v) is 11.6. The molecule has 2 aliphatic rings. The van der Waals surface area contributed by atoms with Gasteiger partial charge in [0, 0.05) is 23.5 Å². The van der Waals surface area contributed by atoms with Crippen molar-refractivity contribution in [3.8, 4) is 16.9 Å². The molecule has 1 N–H and O–H groups in total. The molecular weight excluding hydrogens is 511 g/mol. The summed E-state index contributed by atoms with van der Waals surface area (Å²) in [5.74, 6) is -0.0966. The highest BCUT2D eigenvalue weighted by Gasteiger charge is 2.40. The van der Waals surface area contributed by atoms with E-state index in [1.165, 1.54) is 11.1 Å². The number of allylic oxidation sites excluding steroid dienone is 1. The van der Waals surface area contributed by atoms with Crippen LogP contribution in [0.5, 0.6) is 5.75 Å². The lowest BCUT2D eigenvalue weighted by Crippen LogP contribution is -2.32. The van der Waals surface area contributed by atoms with E-state index in [2.05, 4.69) is 11.8 Å². The van der Waals surface area contributed by atoms with Gasteiger partial charge in [0.15, 0.2) is 0 Å². The molecule has 4 nitrogen and oxygen atoms in total. The van der Waals surface area contributed by atoms with Crippen LogP contribution in [0, 0.1) is 5.41 Å². The Labute approximate surface area is 224 Å². The first-order valence-electron chi connectivity index (χ1n) is 12.7. The number of thiophene rings is 1. The minimum Gasteiger partial charge on any atom is -0.488 e. The fraction of sp³-hybridized carbons (Fsp3) is 0.367. The monoisotopic (exact) mass is 541 g/mol. The van der Waals surface area contributed by atoms with Crippen molar-refractivity contribution >= 4 is 22.9 Å². The van der Waals surface area contributed by atoms with Crippen LogP contribution in [-0.4, -0.2) is 35.6 Å². The molecule has 200 valence electrons. The SMILES string of the molecule is CC1=C(CN2CCC(C)(C(=O)O)C2)CCc2cc(OCc3cc(-c4ccccc4)c(C(F)(F)F)s3)ccc21. The van der Waals surface area contributed by atoms with Crippen molar-refractivity contribution in [2.24, 2.45) is 5.41 Å². The van der Waals surface area contributed by atoms with Gasteiger partial charge in [0.1, 0.15) is 17.2 Å². The van der Waals surface area contributed by atoms with Crippen LogP contribution in [0.4, 0.5) is 13.2 Å². The Kier molecular flexibility index (Phi) is 7.13. The highest BCUT2D eigenvalue weighted by Crippen LogP contribution is 2.43. The number of fused-ring (bicyclic) bond motifs is 1. The summed E-state index contributed by atoms with van der Waals surface area (Å²) >= 11 is 0.728. The molecule has 0 saturated carbocycles. The summed E-state index contributed by atoms with van der Waals surface area (Å²) in [7, 11) is 0. The highest BCUT2D eigenvalue weighted by molar-refractivity contribution is 7.12. The molecule has 3 aromatic rings. The van der Waals surface area contributed by atoms with E-state index in [0.717, 1.165) is 48.4 Å². The summed E-state index contributed by atoms with van der Waals surface area (Å²) in [5.41, 5.74) is 4.89. The number of carbonyl (C=O) groups is 1. The molecule has 2 heterocycles. The van der Waals surface area contributed by atoms with Crippen LogP contribution < -0.4 is 4.74 Å². The topological polar surface area (TPSA) is 49.8 Å².